The molecule has 0 aliphatic rings. The van der Waals surface area contributed by atoms with Crippen LogP contribution in [0.1, 0.15) is 63.9 Å². The van der Waals surface area contributed by atoms with Gasteiger partial charge in [-0.25, -0.2) is 4.79 Å². The number of nitrogens with zero attached hydrogens (tertiary/aromatic N) is 1. The Morgan fingerprint density at radius 3 is 2.21 bits per heavy atom. The van der Waals surface area contributed by atoms with Crippen molar-refractivity contribution in [2.75, 3.05) is 6.61 Å². The number of benzene rings is 1. The van der Waals surface area contributed by atoms with E-state index in [1.165, 1.54) is 51.0 Å². The number of hydrogen-bond donors (Lipinski definition) is 1. The minimum Gasteiger partial charge on any atom is -0.494 e. The van der Waals surface area contributed by atoms with Crippen molar-refractivity contribution in [3.05, 3.63) is 35.4 Å². The van der Waals surface area contributed by atoms with Crippen molar-refractivity contribution in [1.82, 2.24) is 0 Å². The summed E-state index contributed by atoms with van der Waals surface area (Å²) in [4.78, 5) is 10.8. The summed E-state index contributed by atoms with van der Waals surface area (Å²) in [7, 11) is 0. The number of unbranched alkanes of at least 4 members (excludes halogenated alkanes) is 7. The number of carboxylic acids is 1. The Balaban J connectivity index is 2.23. The molecule has 0 saturated heterocycles. The first-order chi connectivity index (χ1) is 11.7. The fourth-order valence-corrected chi connectivity index (χ4v) is 2.39. The standard InChI is InChI=1S/C20H27NO3/c1-2-3-4-5-6-7-8-9-14-24-19-12-10-17(11-13-19)15-18(16-21)20(22)23/h10-13,15H,2-9,14H2,1H3,(H,22,23)/b18-15+. The maximum absolute atomic E-state index is 10.8. The fourth-order valence-electron chi connectivity index (χ4n) is 2.39. The van der Waals surface area contributed by atoms with Gasteiger partial charge in [-0.05, 0) is 30.2 Å². The van der Waals surface area contributed by atoms with Gasteiger partial charge >= 0.3 is 5.97 Å². The molecule has 4 nitrogen and oxygen atoms in total. The van der Waals surface area contributed by atoms with E-state index in [2.05, 4.69) is 6.92 Å². The van der Waals surface area contributed by atoms with Crippen LogP contribution >= 0.6 is 0 Å². The Morgan fingerprint density at radius 2 is 1.67 bits per heavy atom. The molecule has 24 heavy (non-hydrogen) atoms. The zero-order valence-electron chi connectivity index (χ0n) is 14.5. The van der Waals surface area contributed by atoms with E-state index in [0.717, 1.165) is 12.2 Å². The normalized spacial score (nSPS) is 11.1. The highest BCUT2D eigenvalue weighted by molar-refractivity contribution is 5.96. The molecule has 130 valence electrons. The Bertz CT molecular complexity index is 555. The molecule has 1 rings (SSSR count). The largest absolute Gasteiger partial charge is 0.494 e. The lowest BCUT2D eigenvalue weighted by molar-refractivity contribution is -0.132. The minimum absolute atomic E-state index is 0.275. The molecule has 0 aliphatic carbocycles. The Labute approximate surface area is 144 Å². The number of ether oxygens (including phenoxy) is 1. The molecule has 0 aliphatic heterocycles. The van der Waals surface area contributed by atoms with Crippen LogP contribution in [0.25, 0.3) is 6.08 Å². The molecule has 1 aromatic carbocycles. The average Bonchev–Trinajstić information content (AvgIpc) is 2.59. The lowest BCUT2D eigenvalue weighted by atomic mass is 10.1. The van der Waals surface area contributed by atoms with Crippen molar-refractivity contribution in [2.24, 2.45) is 0 Å². The molecule has 0 fully saturated rings. The van der Waals surface area contributed by atoms with Crippen molar-refractivity contribution in [3.8, 4) is 11.8 Å². The van der Waals surface area contributed by atoms with Crippen LogP contribution in [0, 0.1) is 11.3 Å². The maximum Gasteiger partial charge on any atom is 0.346 e. The van der Waals surface area contributed by atoms with Gasteiger partial charge in [-0.15, -0.1) is 0 Å². The lowest BCUT2D eigenvalue weighted by Crippen LogP contribution is -1.98. The van der Waals surface area contributed by atoms with Crippen LogP contribution in [0.2, 0.25) is 0 Å². The summed E-state index contributed by atoms with van der Waals surface area (Å²) in [5, 5.41) is 17.6. The van der Waals surface area contributed by atoms with Crippen molar-refractivity contribution >= 4 is 12.0 Å². The molecular weight excluding hydrogens is 302 g/mol. The highest BCUT2D eigenvalue weighted by atomic mass is 16.5. The van der Waals surface area contributed by atoms with Gasteiger partial charge < -0.3 is 9.84 Å². The summed E-state index contributed by atoms with van der Waals surface area (Å²) in [6, 6.07) is 8.77. The number of carbonyl (C=O) groups is 1. The number of nitriles is 1. The summed E-state index contributed by atoms with van der Waals surface area (Å²) >= 11 is 0. The van der Waals surface area contributed by atoms with Gasteiger partial charge in [0.05, 0.1) is 6.61 Å². The van der Waals surface area contributed by atoms with E-state index in [-0.39, 0.29) is 5.57 Å². The predicted molar refractivity (Wildman–Crippen MR) is 95.8 cm³/mol. The summed E-state index contributed by atoms with van der Waals surface area (Å²) in [5.41, 5.74) is 0.399. The molecule has 0 atom stereocenters. The van der Waals surface area contributed by atoms with Gasteiger partial charge in [-0.1, -0.05) is 64.0 Å². The molecule has 1 aromatic rings. The summed E-state index contributed by atoms with van der Waals surface area (Å²) in [5.74, 6) is -0.448. The summed E-state index contributed by atoms with van der Waals surface area (Å²) < 4.78 is 5.68. The van der Waals surface area contributed by atoms with E-state index < -0.39 is 5.97 Å². The number of rotatable bonds is 12. The topological polar surface area (TPSA) is 70.3 Å². The third-order valence-corrected chi connectivity index (χ3v) is 3.81. The van der Waals surface area contributed by atoms with Gasteiger partial charge in [0.15, 0.2) is 0 Å². The van der Waals surface area contributed by atoms with Crippen LogP contribution in [0.5, 0.6) is 5.75 Å². The van der Waals surface area contributed by atoms with E-state index in [0.29, 0.717) is 12.2 Å². The Hall–Kier alpha value is -2.28. The van der Waals surface area contributed by atoms with Crippen LogP contribution < -0.4 is 4.74 Å². The van der Waals surface area contributed by atoms with Crippen LogP contribution in [0.15, 0.2) is 29.8 Å². The molecule has 0 unspecified atom stereocenters. The first-order valence-electron chi connectivity index (χ1n) is 8.75. The Morgan fingerprint density at radius 1 is 1.08 bits per heavy atom. The van der Waals surface area contributed by atoms with Crippen molar-refractivity contribution in [3.63, 3.8) is 0 Å². The molecule has 0 radical (unpaired) electrons. The summed E-state index contributed by atoms with van der Waals surface area (Å²) in [6.45, 7) is 2.93. The molecule has 0 amide bonds. The maximum atomic E-state index is 10.8. The van der Waals surface area contributed by atoms with Gasteiger partial charge in [0.25, 0.3) is 0 Å². The van der Waals surface area contributed by atoms with Crippen molar-refractivity contribution in [1.29, 1.82) is 5.26 Å². The second-order valence-electron chi connectivity index (χ2n) is 5.87. The second-order valence-corrected chi connectivity index (χ2v) is 5.87. The van der Waals surface area contributed by atoms with Crippen LogP contribution in [0.3, 0.4) is 0 Å². The molecule has 0 heterocycles. The smallest absolute Gasteiger partial charge is 0.346 e. The molecule has 0 bridgehead atoms. The number of aliphatic carboxylic acids is 1. The Kier molecular flexibility index (Phi) is 10.0. The number of hydrogen-bond acceptors (Lipinski definition) is 3. The minimum atomic E-state index is -1.22. The highest BCUT2D eigenvalue weighted by Gasteiger charge is 2.05. The average molecular weight is 329 g/mol. The zero-order valence-corrected chi connectivity index (χ0v) is 14.5. The van der Waals surface area contributed by atoms with Gasteiger partial charge in [-0.3, -0.25) is 0 Å². The molecule has 0 saturated carbocycles. The monoisotopic (exact) mass is 329 g/mol. The van der Waals surface area contributed by atoms with Crippen LogP contribution in [-0.4, -0.2) is 17.7 Å². The van der Waals surface area contributed by atoms with Gasteiger partial charge in [0.2, 0.25) is 0 Å². The zero-order chi connectivity index (χ0) is 17.6. The van der Waals surface area contributed by atoms with Crippen molar-refractivity contribution in [2.45, 2.75) is 58.3 Å². The molecule has 0 aromatic heterocycles. The van der Waals surface area contributed by atoms with E-state index in [9.17, 15) is 4.79 Å². The van der Waals surface area contributed by atoms with Crippen LogP contribution in [-0.2, 0) is 4.79 Å². The first-order valence-corrected chi connectivity index (χ1v) is 8.75. The van der Waals surface area contributed by atoms with Crippen LogP contribution in [0.4, 0.5) is 0 Å². The van der Waals surface area contributed by atoms with E-state index >= 15 is 0 Å². The number of carboxylic acid groups (broad SMARTS) is 1. The van der Waals surface area contributed by atoms with Gasteiger partial charge in [-0.2, -0.15) is 5.26 Å². The van der Waals surface area contributed by atoms with E-state index in [4.69, 9.17) is 15.1 Å². The van der Waals surface area contributed by atoms with E-state index in [1.54, 1.807) is 30.3 Å². The van der Waals surface area contributed by atoms with Crippen molar-refractivity contribution < 1.29 is 14.6 Å². The second kappa shape index (κ2) is 12.2. The molecule has 1 N–H and O–H groups in total. The van der Waals surface area contributed by atoms with Gasteiger partial charge in [0, 0.05) is 0 Å². The highest BCUT2D eigenvalue weighted by Crippen LogP contribution is 2.15. The third-order valence-electron chi connectivity index (χ3n) is 3.81. The molecular formula is C20H27NO3. The van der Waals surface area contributed by atoms with E-state index in [1.807, 2.05) is 0 Å². The first kappa shape index (κ1) is 19.8. The quantitative estimate of drug-likeness (QED) is 0.325. The molecule has 4 heteroatoms. The molecule has 0 spiro atoms. The third kappa shape index (κ3) is 8.38. The fraction of sp³-hybridized carbons (Fsp3) is 0.500. The SMILES string of the molecule is CCCCCCCCCCOc1ccc(/C=C(\C#N)C(=O)O)cc1. The summed E-state index contributed by atoms with van der Waals surface area (Å²) in [6.07, 6.45) is 11.5. The predicted octanol–water partition coefficient (Wildman–Crippen LogP) is 5.20. The lowest BCUT2D eigenvalue weighted by Gasteiger charge is -2.06. The van der Waals surface area contributed by atoms with Gasteiger partial charge in [0.1, 0.15) is 17.4 Å².